The SMILES string of the molecule is CC(C)(C)N.CC(C)(N)C(F)(F)F.CCC(C)(C)N.CCC(C)(C)N.C[C@@H](N)C(F)(F)F.C[C@H](N)C(F)(F)F.NC1(C(F)(F)F)CC1.NCC(F)(F)F. The van der Waals surface area contributed by atoms with Gasteiger partial charge >= 0.3 is 30.9 Å². The summed E-state index contributed by atoms with van der Waals surface area (Å²) in [5.74, 6) is 0. The molecule has 0 unspecified atom stereocenters. The van der Waals surface area contributed by atoms with Gasteiger partial charge in [-0.15, -0.1) is 0 Å². The zero-order chi connectivity index (χ0) is 45.7. The first kappa shape index (κ1) is 66.4. The van der Waals surface area contributed by atoms with Crippen LogP contribution in [0.2, 0.25) is 0 Å². The van der Waals surface area contributed by atoms with Crippen LogP contribution in [-0.2, 0) is 0 Å². The van der Waals surface area contributed by atoms with E-state index in [1.165, 1.54) is 0 Å². The van der Waals surface area contributed by atoms with Crippen LogP contribution in [0.15, 0.2) is 0 Å². The molecule has 8 nitrogen and oxygen atoms in total. The lowest BCUT2D eigenvalue weighted by atomic mass is 10.1. The summed E-state index contributed by atoms with van der Waals surface area (Å²) in [6.07, 6.45) is -18.8. The van der Waals surface area contributed by atoms with E-state index in [2.05, 4.69) is 36.8 Å². The number of alkyl halides is 15. The predicted molar refractivity (Wildman–Crippen MR) is 182 cm³/mol. The van der Waals surface area contributed by atoms with Gasteiger partial charge in [-0.1, -0.05) is 13.8 Å². The molecule has 1 aliphatic rings. The van der Waals surface area contributed by atoms with Gasteiger partial charge in [0.25, 0.3) is 0 Å². The first-order valence-electron chi connectivity index (χ1n) is 15.8. The summed E-state index contributed by atoms with van der Waals surface area (Å²) in [5, 5.41) is 0. The van der Waals surface area contributed by atoms with Gasteiger partial charge in [-0.25, -0.2) is 0 Å². The summed E-state index contributed by atoms with van der Waals surface area (Å²) in [4.78, 5) is 0. The maximum Gasteiger partial charge on any atom is 0.406 e. The molecule has 332 valence electrons. The number of nitrogens with two attached hydrogens (primary N) is 8. The van der Waals surface area contributed by atoms with Gasteiger partial charge in [0, 0.05) is 16.6 Å². The highest BCUT2D eigenvalue weighted by Gasteiger charge is 2.60. The molecule has 0 radical (unpaired) electrons. The van der Waals surface area contributed by atoms with Crippen molar-refractivity contribution in [2.45, 2.75) is 186 Å². The number of hydrogen-bond donors (Lipinski definition) is 8. The maximum absolute atomic E-state index is 11.5. The Morgan fingerprint density at radius 3 is 0.660 bits per heavy atom. The molecule has 53 heavy (non-hydrogen) atoms. The molecule has 0 spiro atoms. The van der Waals surface area contributed by atoms with Gasteiger partial charge in [0.1, 0.15) is 11.1 Å². The normalized spacial score (nSPS) is 15.6. The average Bonchev–Trinajstić information content (AvgIpc) is 3.60. The van der Waals surface area contributed by atoms with E-state index in [0.29, 0.717) is 0 Å². The largest absolute Gasteiger partial charge is 0.406 e. The van der Waals surface area contributed by atoms with Gasteiger partial charge in [0.05, 0.1) is 18.6 Å². The Morgan fingerprint density at radius 2 is 0.660 bits per heavy atom. The first-order chi connectivity index (χ1) is 22.3. The minimum absolute atomic E-state index is 0. The van der Waals surface area contributed by atoms with Crippen LogP contribution in [0.1, 0.15) is 116 Å². The molecular formula is C30H67F15N8. The molecule has 1 aliphatic carbocycles. The third-order valence-electron chi connectivity index (χ3n) is 5.17. The van der Waals surface area contributed by atoms with Gasteiger partial charge in [-0.05, 0) is 102 Å². The van der Waals surface area contributed by atoms with Crippen LogP contribution >= 0.6 is 0 Å². The van der Waals surface area contributed by atoms with Gasteiger partial charge in [0.15, 0.2) is 0 Å². The standard InChI is InChI=1S/2C5H13N.C4H6F3N.C4H8F3N.C4H11N.2C3H6F3N.C2H4F3N/c2*1-4-5(2,3)6;5-4(6,7)3(8)1-2-3;1-3(2,8)4(5,6)7;1-4(2,3)5;2*1-2(7)3(4,5)6;3-2(4,5)1-6/h2*4,6H2,1-3H3;1-2,8H2;8H2,1-2H3;5H2,1-3H3;2*2H,7H2,1H3;1,6H2/t;;;;;2*2-;/m.....10./s1. The lowest BCUT2D eigenvalue weighted by Crippen LogP contribution is -2.47. The fourth-order valence-electron chi connectivity index (χ4n) is 0.418. The van der Waals surface area contributed by atoms with E-state index in [4.69, 9.17) is 22.9 Å². The van der Waals surface area contributed by atoms with E-state index >= 15 is 0 Å². The molecular weight excluding hydrogens is 757 g/mol. The fraction of sp³-hybridized carbons (Fsp3) is 1.00. The second-order valence-corrected chi connectivity index (χ2v) is 14.9. The second-order valence-electron chi connectivity index (χ2n) is 14.9. The Balaban J connectivity index is -0.0000000917. The quantitative estimate of drug-likeness (QED) is 0.130. The minimum atomic E-state index is -4.28. The minimum Gasteiger partial charge on any atom is -0.326 e. The van der Waals surface area contributed by atoms with Crippen molar-refractivity contribution in [1.82, 2.24) is 0 Å². The van der Waals surface area contributed by atoms with Crippen LogP contribution in [0.5, 0.6) is 0 Å². The molecule has 0 aromatic heterocycles. The zero-order valence-corrected chi connectivity index (χ0v) is 33.0. The maximum atomic E-state index is 11.5. The van der Waals surface area contributed by atoms with Crippen molar-refractivity contribution >= 4 is 0 Å². The number of hydrogen-bond acceptors (Lipinski definition) is 8. The van der Waals surface area contributed by atoms with Crippen molar-refractivity contribution in [3.05, 3.63) is 0 Å². The van der Waals surface area contributed by atoms with Crippen LogP contribution < -0.4 is 45.9 Å². The van der Waals surface area contributed by atoms with E-state index in [0.717, 1.165) is 40.5 Å². The van der Waals surface area contributed by atoms with Crippen molar-refractivity contribution < 1.29 is 65.9 Å². The van der Waals surface area contributed by atoms with Crippen molar-refractivity contribution in [1.29, 1.82) is 0 Å². The van der Waals surface area contributed by atoms with Crippen LogP contribution in [0.25, 0.3) is 0 Å². The summed E-state index contributed by atoms with van der Waals surface area (Å²) >= 11 is 0. The molecule has 1 fully saturated rings. The van der Waals surface area contributed by atoms with Crippen molar-refractivity contribution in [3.63, 3.8) is 0 Å². The molecule has 0 aromatic rings. The van der Waals surface area contributed by atoms with Crippen molar-refractivity contribution in [2.24, 2.45) is 45.9 Å². The molecule has 1 saturated carbocycles. The summed E-state index contributed by atoms with van der Waals surface area (Å²) in [6, 6.07) is -3.40. The third kappa shape index (κ3) is 65.9. The highest BCUT2D eigenvalue weighted by Crippen LogP contribution is 2.46. The molecule has 0 amide bonds. The Labute approximate surface area is 305 Å². The van der Waals surface area contributed by atoms with Crippen molar-refractivity contribution in [2.75, 3.05) is 6.54 Å². The Kier molecular flexibility index (Phi) is 32.2. The van der Waals surface area contributed by atoms with Crippen LogP contribution in [-0.4, -0.2) is 77.2 Å². The smallest absolute Gasteiger partial charge is 0.326 e. The third-order valence-corrected chi connectivity index (χ3v) is 5.17. The Hall–Kier alpha value is -1.37. The number of rotatable bonds is 2. The van der Waals surface area contributed by atoms with E-state index < -0.39 is 60.6 Å². The fourth-order valence-corrected chi connectivity index (χ4v) is 0.418. The van der Waals surface area contributed by atoms with E-state index in [1.807, 2.05) is 48.5 Å². The predicted octanol–water partition coefficient (Wildman–Crippen LogP) is 7.64. The van der Waals surface area contributed by atoms with Crippen LogP contribution in [0.4, 0.5) is 65.9 Å². The average molecular weight is 825 g/mol. The summed E-state index contributed by atoms with van der Waals surface area (Å²) < 4.78 is 167. The Morgan fingerprint density at radius 1 is 0.528 bits per heavy atom. The van der Waals surface area contributed by atoms with Gasteiger partial charge in [0.2, 0.25) is 0 Å². The van der Waals surface area contributed by atoms with Crippen molar-refractivity contribution in [3.8, 4) is 0 Å². The molecule has 23 heteroatoms. The summed E-state index contributed by atoms with van der Waals surface area (Å²) in [7, 11) is 0. The molecule has 16 N–H and O–H groups in total. The topological polar surface area (TPSA) is 208 Å². The second kappa shape index (κ2) is 25.7. The van der Waals surface area contributed by atoms with Gasteiger partial charge in [-0.2, -0.15) is 65.9 Å². The highest BCUT2D eigenvalue weighted by atomic mass is 19.4. The number of halogens is 15. The molecule has 1 rings (SSSR count). The molecule has 2 atom stereocenters. The lowest BCUT2D eigenvalue weighted by Gasteiger charge is -2.21. The lowest BCUT2D eigenvalue weighted by molar-refractivity contribution is -0.175. The molecule has 0 saturated heterocycles. The summed E-state index contributed by atoms with van der Waals surface area (Å²) in [5.41, 5.74) is 35.2. The van der Waals surface area contributed by atoms with Gasteiger partial charge in [-0.3, -0.25) is 0 Å². The molecule has 0 bridgehead atoms. The van der Waals surface area contributed by atoms with E-state index in [1.54, 1.807) is 0 Å². The van der Waals surface area contributed by atoms with E-state index in [-0.39, 0.29) is 29.5 Å². The summed E-state index contributed by atoms with van der Waals surface area (Å²) in [6.45, 7) is 20.6. The molecule has 0 aliphatic heterocycles. The molecule has 0 heterocycles. The zero-order valence-electron chi connectivity index (χ0n) is 33.0. The van der Waals surface area contributed by atoms with E-state index in [9.17, 15) is 65.9 Å². The highest BCUT2D eigenvalue weighted by molar-refractivity contribution is 5.04. The van der Waals surface area contributed by atoms with Crippen LogP contribution in [0.3, 0.4) is 0 Å². The molecule has 0 aromatic carbocycles. The Bertz CT molecular complexity index is 761. The first-order valence-corrected chi connectivity index (χ1v) is 15.8. The monoisotopic (exact) mass is 825 g/mol. The van der Waals surface area contributed by atoms with Gasteiger partial charge < -0.3 is 45.9 Å². The van der Waals surface area contributed by atoms with Crippen LogP contribution in [0, 0.1) is 0 Å².